The van der Waals surface area contributed by atoms with Crippen LogP contribution in [0.2, 0.25) is 0 Å². The van der Waals surface area contributed by atoms with Gasteiger partial charge in [-0.05, 0) is 30.2 Å². The molecule has 1 N–H and O–H groups in total. The number of aryl methyl sites for hydroxylation is 1. The second-order valence-corrected chi connectivity index (χ2v) is 5.49. The zero-order valence-corrected chi connectivity index (χ0v) is 12.0. The highest BCUT2D eigenvalue weighted by Gasteiger charge is 2.27. The van der Waals surface area contributed by atoms with Crippen LogP contribution in [-0.4, -0.2) is 11.6 Å². The third-order valence-electron chi connectivity index (χ3n) is 3.98. The van der Waals surface area contributed by atoms with E-state index in [0.717, 1.165) is 18.9 Å². The van der Waals surface area contributed by atoms with E-state index in [-0.39, 0.29) is 0 Å². The number of para-hydroxylation sites is 1. The summed E-state index contributed by atoms with van der Waals surface area (Å²) in [5.74, 6) is 1.47. The first-order valence-electron chi connectivity index (χ1n) is 7.10. The molecule has 0 fully saturated rings. The summed E-state index contributed by atoms with van der Waals surface area (Å²) in [6.07, 6.45) is 3.78. The minimum Gasteiger partial charge on any atom is -0.493 e. The normalized spacial score (nSPS) is 21.1. The molecule has 1 aliphatic rings. The summed E-state index contributed by atoms with van der Waals surface area (Å²) in [5.41, 5.74) is 3.79. The predicted octanol–water partition coefficient (Wildman–Crippen LogP) is 3.25. The lowest BCUT2D eigenvalue weighted by atomic mass is 9.92. The Morgan fingerprint density at radius 3 is 3.00 bits per heavy atom. The van der Waals surface area contributed by atoms with Gasteiger partial charge in [0, 0.05) is 36.5 Å². The first-order chi connectivity index (χ1) is 9.75. The van der Waals surface area contributed by atoms with Crippen molar-refractivity contribution in [2.75, 3.05) is 6.61 Å². The second kappa shape index (κ2) is 5.63. The summed E-state index contributed by atoms with van der Waals surface area (Å²) < 4.78 is 5.79. The Labute approximate surface area is 120 Å². The van der Waals surface area contributed by atoms with Crippen LogP contribution in [0.15, 0.2) is 42.7 Å². The van der Waals surface area contributed by atoms with Crippen LogP contribution in [0.1, 0.15) is 29.7 Å². The van der Waals surface area contributed by atoms with Crippen LogP contribution in [0.3, 0.4) is 0 Å². The van der Waals surface area contributed by atoms with Gasteiger partial charge in [0.25, 0.3) is 0 Å². The van der Waals surface area contributed by atoms with Gasteiger partial charge >= 0.3 is 0 Å². The number of pyridine rings is 1. The minimum absolute atomic E-state index is 0.333. The molecule has 20 heavy (non-hydrogen) atoms. The van der Waals surface area contributed by atoms with Gasteiger partial charge < -0.3 is 10.1 Å². The van der Waals surface area contributed by atoms with Gasteiger partial charge in [0.1, 0.15) is 5.75 Å². The zero-order chi connectivity index (χ0) is 13.9. The highest BCUT2D eigenvalue weighted by molar-refractivity contribution is 5.38. The molecule has 2 atom stereocenters. The predicted molar refractivity (Wildman–Crippen MR) is 79.7 cm³/mol. The van der Waals surface area contributed by atoms with E-state index in [1.807, 2.05) is 24.5 Å². The van der Waals surface area contributed by atoms with Gasteiger partial charge in [-0.2, -0.15) is 0 Å². The molecule has 0 aliphatic carbocycles. The lowest BCUT2D eigenvalue weighted by molar-refractivity contribution is 0.188. The monoisotopic (exact) mass is 268 g/mol. The van der Waals surface area contributed by atoms with Crippen LogP contribution in [0.4, 0.5) is 0 Å². The Hall–Kier alpha value is -1.87. The Morgan fingerprint density at radius 2 is 2.15 bits per heavy atom. The molecule has 0 radical (unpaired) electrons. The molecule has 0 spiro atoms. The molecular formula is C17H20N2O. The topological polar surface area (TPSA) is 34.2 Å². The molecule has 1 aromatic heterocycles. The average molecular weight is 268 g/mol. The van der Waals surface area contributed by atoms with Crippen molar-refractivity contribution in [2.24, 2.45) is 5.92 Å². The van der Waals surface area contributed by atoms with Crippen molar-refractivity contribution < 1.29 is 4.74 Å². The first-order valence-corrected chi connectivity index (χ1v) is 7.10. The lowest BCUT2D eigenvalue weighted by Gasteiger charge is -2.32. The van der Waals surface area contributed by atoms with E-state index in [9.17, 15) is 0 Å². The third kappa shape index (κ3) is 2.54. The molecule has 3 heteroatoms. The minimum atomic E-state index is 0.333. The average Bonchev–Trinajstić information content (AvgIpc) is 2.48. The van der Waals surface area contributed by atoms with Gasteiger partial charge in [-0.25, -0.2) is 0 Å². The van der Waals surface area contributed by atoms with Crippen molar-refractivity contribution in [1.29, 1.82) is 0 Å². The number of benzene rings is 1. The standard InChI is InChI=1S/C17H20N2O/c1-12-7-8-18-9-14(12)10-19-17-13(2)11-20-16-6-4-3-5-15(16)17/h3-9,13,17,19H,10-11H2,1-2H3. The molecule has 1 aliphatic heterocycles. The number of nitrogens with zero attached hydrogens (tertiary/aromatic N) is 1. The van der Waals surface area contributed by atoms with Crippen molar-refractivity contribution >= 4 is 0 Å². The van der Waals surface area contributed by atoms with Crippen molar-refractivity contribution in [2.45, 2.75) is 26.4 Å². The second-order valence-electron chi connectivity index (χ2n) is 5.49. The largest absolute Gasteiger partial charge is 0.493 e. The number of rotatable bonds is 3. The maximum Gasteiger partial charge on any atom is 0.124 e. The fraction of sp³-hybridized carbons (Fsp3) is 0.353. The fourth-order valence-corrected chi connectivity index (χ4v) is 2.71. The van der Waals surface area contributed by atoms with Gasteiger partial charge in [0.2, 0.25) is 0 Å². The van der Waals surface area contributed by atoms with E-state index in [0.29, 0.717) is 12.0 Å². The zero-order valence-electron chi connectivity index (χ0n) is 12.0. The highest BCUT2D eigenvalue weighted by atomic mass is 16.5. The number of hydrogen-bond acceptors (Lipinski definition) is 3. The number of aromatic nitrogens is 1. The quantitative estimate of drug-likeness (QED) is 0.928. The van der Waals surface area contributed by atoms with E-state index in [4.69, 9.17) is 4.74 Å². The molecular weight excluding hydrogens is 248 g/mol. The Balaban J connectivity index is 1.79. The number of fused-ring (bicyclic) bond motifs is 1. The van der Waals surface area contributed by atoms with Gasteiger partial charge in [-0.15, -0.1) is 0 Å². The van der Waals surface area contributed by atoms with Gasteiger partial charge in [0.05, 0.1) is 6.61 Å². The molecule has 104 valence electrons. The fourth-order valence-electron chi connectivity index (χ4n) is 2.71. The molecule has 2 aromatic rings. The van der Waals surface area contributed by atoms with E-state index in [2.05, 4.69) is 42.3 Å². The van der Waals surface area contributed by atoms with E-state index < -0.39 is 0 Å². The highest BCUT2D eigenvalue weighted by Crippen LogP contribution is 2.35. The summed E-state index contributed by atoms with van der Waals surface area (Å²) >= 11 is 0. The maximum atomic E-state index is 5.79. The maximum absolute atomic E-state index is 5.79. The molecule has 2 unspecified atom stereocenters. The molecule has 0 amide bonds. The first kappa shape index (κ1) is 13.1. The lowest BCUT2D eigenvalue weighted by Crippen LogP contribution is -2.33. The molecule has 2 heterocycles. The summed E-state index contributed by atoms with van der Waals surface area (Å²) in [6.45, 7) is 5.95. The summed E-state index contributed by atoms with van der Waals surface area (Å²) in [4.78, 5) is 4.21. The van der Waals surface area contributed by atoms with Crippen LogP contribution < -0.4 is 10.1 Å². The summed E-state index contributed by atoms with van der Waals surface area (Å²) in [7, 11) is 0. The number of ether oxygens (including phenoxy) is 1. The molecule has 0 saturated heterocycles. The van der Waals surface area contributed by atoms with Crippen molar-refractivity contribution in [1.82, 2.24) is 10.3 Å². The Kier molecular flexibility index (Phi) is 3.70. The van der Waals surface area contributed by atoms with Gasteiger partial charge in [-0.3, -0.25) is 4.98 Å². The van der Waals surface area contributed by atoms with Crippen LogP contribution in [0.5, 0.6) is 5.75 Å². The van der Waals surface area contributed by atoms with Crippen molar-refractivity contribution in [3.63, 3.8) is 0 Å². The van der Waals surface area contributed by atoms with Gasteiger partial charge in [0.15, 0.2) is 0 Å². The molecule has 3 nitrogen and oxygen atoms in total. The van der Waals surface area contributed by atoms with Crippen molar-refractivity contribution in [3.05, 3.63) is 59.4 Å². The van der Waals surface area contributed by atoms with Gasteiger partial charge in [-0.1, -0.05) is 25.1 Å². The number of nitrogens with one attached hydrogen (secondary N) is 1. The van der Waals surface area contributed by atoms with E-state index in [1.54, 1.807) is 0 Å². The Bertz CT molecular complexity index is 597. The van der Waals surface area contributed by atoms with E-state index >= 15 is 0 Å². The van der Waals surface area contributed by atoms with Crippen molar-refractivity contribution in [3.8, 4) is 5.75 Å². The molecule has 0 saturated carbocycles. The SMILES string of the molecule is Cc1ccncc1CNC1c2ccccc2OCC1C. The Morgan fingerprint density at radius 1 is 1.30 bits per heavy atom. The molecule has 1 aromatic carbocycles. The van der Waals surface area contributed by atoms with Crippen LogP contribution in [0.25, 0.3) is 0 Å². The smallest absolute Gasteiger partial charge is 0.124 e. The summed E-state index contributed by atoms with van der Waals surface area (Å²) in [6, 6.07) is 10.7. The van der Waals surface area contributed by atoms with Crippen LogP contribution in [-0.2, 0) is 6.54 Å². The number of hydrogen-bond donors (Lipinski definition) is 1. The molecule has 0 bridgehead atoms. The van der Waals surface area contributed by atoms with E-state index in [1.165, 1.54) is 16.7 Å². The third-order valence-corrected chi connectivity index (χ3v) is 3.98. The van der Waals surface area contributed by atoms with Crippen LogP contribution in [0, 0.1) is 12.8 Å². The van der Waals surface area contributed by atoms with Crippen LogP contribution >= 0.6 is 0 Å². The molecule has 3 rings (SSSR count). The summed E-state index contributed by atoms with van der Waals surface area (Å²) in [5, 5.41) is 3.66.